The first-order chi connectivity index (χ1) is 15.1. The lowest BCUT2D eigenvalue weighted by atomic mass is 10.2. The fraction of sp³-hybridized carbons (Fsp3) is 0.0909. The maximum absolute atomic E-state index is 13.2. The molecule has 156 valence electrons. The van der Waals surface area contributed by atoms with Crippen LogP contribution in [-0.4, -0.2) is 27.1 Å². The fourth-order valence-electron chi connectivity index (χ4n) is 2.97. The van der Waals surface area contributed by atoms with Crippen LogP contribution in [0.1, 0.15) is 10.4 Å². The van der Waals surface area contributed by atoms with Gasteiger partial charge in [-0.3, -0.25) is 24.3 Å². The predicted molar refractivity (Wildman–Crippen MR) is 127 cm³/mol. The Morgan fingerprint density at radius 1 is 1.16 bits per heavy atom. The SMILES string of the molecule is C=CCn1c(SCC(=O)NC(=O)c2ccccc2)nc2scc(-c3cccs3)c2c1=O. The van der Waals surface area contributed by atoms with E-state index in [4.69, 9.17) is 0 Å². The number of hydrogen-bond acceptors (Lipinski definition) is 7. The van der Waals surface area contributed by atoms with E-state index >= 15 is 0 Å². The Bertz CT molecular complexity index is 1310. The van der Waals surface area contributed by atoms with Crippen molar-refractivity contribution in [3.8, 4) is 10.4 Å². The number of thioether (sulfide) groups is 1. The van der Waals surface area contributed by atoms with Gasteiger partial charge in [0.1, 0.15) is 4.83 Å². The lowest BCUT2D eigenvalue weighted by molar-refractivity contribution is -0.117. The lowest BCUT2D eigenvalue weighted by Gasteiger charge is -2.10. The van der Waals surface area contributed by atoms with Crippen LogP contribution in [0.2, 0.25) is 0 Å². The van der Waals surface area contributed by atoms with Crippen molar-refractivity contribution in [1.29, 1.82) is 0 Å². The fourth-order valence-corrected chi connectivity index (χ4v) is 5.58. The number of imide groups is 1. The normalized spacial score (nSPS) is 10.8. The topological polar surface area (TPSA) is 81.1 Å². The molecule has 0 saturated heterocycles. The number of carbonyl (C=O) groups is 2. The Morgan fingerprint density at radius 2 is 1.97 bits per heavy atom. The number of nitrogens with zero attached hydrogens (tertiary/aromatic N) is 2. The highest BCUT2D eigenvalue weighted by atomic mass is 32.2. The predicted octanol–water partition coefficient (Wildman–Crippen LogP) is 4.42. The summed E-state index contributed by atoms with van der Waals surface area (Å²) in [7, 11) is 0. The van der Waals surface area contributed by atoms with Crippen molar-refractivity contribution < 1.29 is 9.59 Å². The van der Waals surface area contributed by atoms with E-state index in [0.29, 0.717) is 20.9 Å². The van der Waals surface area contributed by atoms with Crippen LogP contribution in [0.4, 0.5) is 0 Å². The summed E-state index contributed by atoms with van der Waals surface area (Å²) < 4.78 is 1.51. The summed E-state index contributed by atoms with van der Waals surface area (Å²) in [5, 5.41) is 7.25. The number of benzene rings is 1. The van der Waals surface area contributed by atoms with Crippen molar-refractivity contribution >= 4 is 56.5 Å². The zero-order valence-electron chi connectivity index (χ0n) is 16.2. The number of aromatic nitrogens is 2. The van der Waals surface area contributed by atoms with Gasteiger partial charge in [-0.25, -0.2) is 4.98 Å². The highest BCUT2D eigenvalue weighted by molar-refractivity contribution is 7.99. The van der Waals surface area contributed by atoms with Crippen LogP contribution < -0.4 is 10.9 Å². The summed E-state index contributed by atoms with van der Waals surface area (Å²) in [6, 6.07) is 12.4. The second-order valence-corrected chi connectivity index (χ2v) is 9.19. The largest absolute Gasteiger partial charge is 0.292 e. The molecule has 0 fully saturated rings. The molecule has 0 aliphatic heterocycles. The van der Waals surface area contributed by atoms with Gasteiger partial charge in [0.05, 0.1) is 11.1 Å². The van der Waals surface area contributed by atoms with E-state index in [1.54, 1.807) is 47.7 Å². The summed E-state index contributed by atoms with van der Waals surface area (Å²) in [5.41, 5.74) is 1.11. The number of hydrogen-bond donors (Lipinski definition) is 1. The highest BCUT2D eigenvalue weighted by Crippen LogP contribution is 2.34. The molecule has 1 aromatic carbocycles. The maximum Gasteiger partial charge on any atom is 0.263 e. The molecule has 0 saturated carbocycles. The van der Waals surface area contributed by atoms with E-state index in [-0.39, 0.29) is 17.9 Å². The van der Waals surface area contributed by atoms with Gasteiger partial charge in [-0.15, -0.1) is 29.3 Å². The summed E-state index contributed by atoms with van der Waals surface area (Å²) >= 11 is 4.08. The minimum Gasteiger partial charge on any atom is -0.292 e. The first kappa shape index (κ1) is 21.2. The second kappa shape index (κ2) is 9.42. The molecule has 1 N–H and O–H groups in total. The van der Waals surface area contributed by atoms with E-state index < -0.39 is 11.8 Å². The standard InChI is InChI=1S/C22H17N3O3S3/c1-2-10-25-21(28)18-15(16-9-6-11-29-16)12-30-20(18)24-22(25)31-13-17(26)23-19(27)14-7-4-3-5-8-14/h2-9,11-12H,1,10,13H2,(H,23,26,27). The molecule has 6 nitrogen and oxygen atoms in total. The van der Waals surface area contributed by atoms with E-state index in [2.05, 4.69) is 16.9 Å². The van der Waals surface area contributed by atoms with Gasteiger partial charge in [-0.1, -0.05) is 42.1 Å². The molecule has 3 aromatic heterocycles. The van der Waals surface area contributed by atoms with Crippen LogP contribution in [0, 0.1) is 0 Å². The smallest absolute Gasteiger partial charge is 0.263 e. The van der Waals surface area contributed by atoms with Crippen LogP contribution in [-0.2, 0) is 11.3 Å². The summed E-state index contributed by atoms with van der Waals surface area (Å²) in [5.74, 6) is -0.961. The van der Waals surface area contributed by atoms with Gasteiger partial charge in [0.15, 0.2) is 5.16 Å². The number of fused-ring (bicyclic) bond motifs is 1. The molecule has 9 heteroatoms. The van der Waals surface area contributed by atoms with E-state index in [9.17, 15) is 14.4 Å². The Hall–Kier alpha value is -3.01. The molecule has 4 rings (SSSR count). The van der Waals surface area contributed by atoms with Crippen molar-refractivity contribution in [3.05, 3.63) is 81.8 Å². The molecule has 0 spiro atoms. The molecule has 31 heavy (non-hydrogen) atoms. The number of amides is 2. The van der Waals surface area contributed by atoms with Crippen molar-refractivity contribution in [1.82, 2.24) is 14.9 Å². The Labute approximate surface area is 190 Å². The summed E-state index contributed by atoms with van der Waals surface area (Å²) in [4.78, 5) is 44.0. The van der Waals surface area contributed by atoms with Crippen molar-refractivity contribution in [2.45, 2.75) is 11.7 Å². The number of rotatable bonds is 7. The van der Waals surface area contributed by atoms with Crippen LogP contribution in [0.15, 0.2) is 75.8 Å². The molecule has 0 aliphatic rings. The minimum absolute atomic E-state index is 0.0448. The Kier molecular flexibility index (Phi) is 6.45. The molecule has 0 radical (unpaired) electrons. The molecule has 0 bridgehead atoms. The molecule has 3 heterocycles. The van der Waals surface area contributed by atoms with Crippen molar-refractivity contribution in [2.75, 3.05) is 5.75 Å². The third kappa shape index (κ3) is 4.53. The van der Waals surface area contributed by atoms with Crippen molar-refractivity contribution in [2.24, 2.45) is 0 Å². The molecule has 4 aromatic rings. The number of allylic oxidation sites excluding steroid dienone is 1. The van der Waals surface area contributed by atoms with Gasteiger partial charge in [0.25, 0.3) is 11.5 Å². The van der Waals surface area contributed by atoms with Gasteiger partial charge in [0, 0.05) is 27.9 Å². The molecule has 0 aliphatic carbocycles. The van der Waals surface area contributed by atoms with Gasteiger partial charge < -0.3 is 0 Å². The molecule has 2 amide bonds. The molecular weight excluding hydrogens is 450 g/mol. The summed E-state index contributed by atoms with van der Waals surface area (Å²) in [6.07, 6.45) is 1.62. The number of nitrogens with one attached hydrogen (secondary N) is 1. The van der Waals surface area contributed by atoms with Crippen LogP contribution in [0.25, 0.3) is 20.7 Å². The number of thiophene rings is 2. The quantitative estimate of drug-likeness (QED) is 0.247. The minimum atomic E-state index is -0.461. The zero-order chi connectivity index (χ0) is 21.8. The van der Waals surface area contributed by atoms with E-state index in [1.807, 2.05) is 22.9 Å². The third-order valence-corrected chi connectivity index (χ3v) is 7.13. The lowest BCUT2D eigenvalue weighted by Crippen LogP contribution is -2.32. The average molecular weight is 468 g/mol. The van der Waals surface area contributed by atoms with Gasteiger partial charge in [0.2, 0.25) is 5.91 Å². The van der Waals surface area contributed by atoms with E-state index in [0.717, 1.165) is 22.2 Å². The Balaban J connectivity index is 1.58. The van der Waals surface area contributed by atoms with Gasteiger partial charge in [-0.2, -0.15) is 0 Å². The monoisotopic (exact) mass is 467 g/mol. The van der Waals surface area contributed by atoms with E-state index in [1.165, 1.54) is 15.9 Å². The van der Waals surface area contributed by atoms with Crippen molar-refractivity contribution in [3.63, 3.8) is 0 Å². The average Bonchev–Trinajstić information content (AvgIpc) is 3.45. The first-order valence-electron chi connectivity index (χ1n) is 9.27. The maximum atomic E-state index is 13.2. The highest BCUT2D eigenvalue weighted by Gasteiger charge is 2.18. The molecular formula is C22H17N3O3S3. The molecule has 0 atom stereocenters. The van der Waals surface area contributed by atoms with Gasteiger partial charge >= 0.3 is 0 Å². The zero-order valence-corrected chi connectivity index (χ0v) is 18.7. The van der Waals surface area contributed by atoms with Gasteiger partial charge in [-0.05, 0) is 23.6 Å². The second-order valence-electron chi connectivity index (χ2n) is 6.44. The number of carbonyl (C=O) groups excluding carboxylic acids is 2. The molecule has 0 unspecified atom stereocenters. The third-order valence-electron chi connectivity index (χ3n) is 4.38. The Morgan fingerprint density at radius 3 is 2.68 bits per heavy atom. The van der Waals surface area contributed by atoms with Crippen LogP contribution in [0.3, 0.4) is 0 Å². The summed E-state index contributed by atoms with van der Waals surface area (Å²) in [6.45, 7) is 4.00. The first-order valence-corrected chi connectivity index (χ1v) is 12.0. The van der Waals surface area contributed by atoms with Crippen LogP contribution in [0.5, 0.6) is 0 Å². The van der Waals surface area contributed by atoms with Crippen LogP contribution >= 0.6 is 34.4 Å².